The van der Waals surface area contributed by atoms with Gasteiger partial charge in [-0.15, -0.1) is 23.1 Å². The molecule has 2 fully saturated rings. The minimum absolute atomic E-state index is 0.103. The molecule has 124 valence electrons. The van der Waals surface area contributed by atoms with E-state index in [0.29, 0.717) is 0 Å². The van der Waals surface area contributed by atoms with E-state index in [1.54, 1.807) is 29.8 Å². The number of carbonyl (C=O) groups excluding carboxylic acids is 1. The van der Waals surface area contributed by atoms with Crippen LogP contribution < -0.4 is 4.74 Å². The molecular weight excluding hydrogens is 340 g/mol. The van der Waals surface area contributed by atoms with Crippen molar-refractivity contribution in [3.8, 4) is 5.75 Å². The fraction of sp³-hybridized carbons (Fsp3) is 0.333. The van der Waals surface area contributed by atoms with E-state index < -0.39 is 0 Å². The van der Waals surface area contributed by atoms with Crippen molar-refractivity contribution >= 4 is 35.1 Å². The molecule has 0 saturated carbocycles. The smallest absolute Gasteiger partial charge is 0.246 e. The van der Waals surface area contributed by atoms with Gasteiger partial charge in [-0.05, 0) is 29.7 Å². The van der Waals surface area contributed by atoms with Crippen molar-refractivity contribution in [2.24, 2.45) is 0 Å². The Labute approximate surface area is 149 Å². The van der Waals surface area contributed by atoms with Gasteiger partial charge in [0.25, 0.3) is 0 Å². The van der Waals surface area contributed by atoms with Crippen LogP contribution in [0.5, 0.6) is 5.75 Å². The number of thioether (sulfide) groups is 1. The first-order valence-corrected chi connectivity index (χ1v) is 9.80. The van der Waals surface area contributed by atoms with Crippen LogP contribution in [0.3, 0.4) is 0 Å². The van der Waals surface area contributed by atoms with Crippen molar-refractivity contribution in [2.75, 3.05) is 18.8 Å². The zero-order chi connectivity index (χ0) is 16.4. The van der Waals surface area contributed by atoms with Crippen LogP contribution in [0, 0.1) is 0 Å². The molecule has 0 bridgehead atoms. The second kappa shape index (κ2) is 6.61. The minimum atomic E-state index is 0.103. The third-order valence-corrected chi connectivity index (χ3v) is 6.73. The highest BCUT2D eigenvalue weighted by molar-refractivity contribution is 8.01. The summed E-state index contributed by atoms with van der Waals surface area (Å²) in [6.45, 7) is 1.64. The predicted molar refractivity (Wildman–Crippen MR) is 98.4 cm³/mol. The summed E-state index contributed by atoms with van der Waals surface area (Å²) in [5.41, 5.74) is 0. The lowest BCUT2D eigenvalue weighted by molar-refractivity contribution is -0.131. The summed E-state index contributed by atoms with van der Waals surface area (Å²) >= 11 is 3.57. The highest BCUT2D eigenvalue weighted by atomic mass is 32.2. The van der Waals surface area contributed by atoms with Crippen molar-refractivity contribution in [1.29, 1.82) is 0 Å². The van der Waals surface area contributed by atoms with Crippen molar-refractivity contribution in [1.82, 2.24) is 9.88 Å². The number of amides is 1. The Morgan fingerprint density at radius 3 is 3.04 bits per heavy atom. The SMILES string of the molecule is O=C(/C=C/c1cccs1)N1CC2(CC(Oc3cccnc3)CS2)C1. The van der Waals surface area contributed by atoms with Crippen LogP contribution >= 0.6 is 23.1 Å². The van der Waals surface area contributed by atoms with Gasteiger partial charge < -0.3 is 9.64 Å². The van der Waals surface area contributed by atoms with Gasteiger partial charge in [0, 0.05) is 42.4 Å². The van der Waals surface area contributed by atoms with Crippen LogP contribution in [0.25, 0.3) is 6.08 Å². The first-order chi connectivity index (χ1) is 11.7. The van der Waals surface area contributed by atoms with Crippen LogP contribution in [-0.2, 0) is 4.79 Å². The van der Waals surface area contributed by atoms with Gasteiger partial charge in [0.15, 0.2) is 0 Å². The molecule has 0 radical (unpaired) electrons. The zero-order valence-electron chi connectivity index (χ0n) is 13.1. The second-order valence-corrected chi connectivity index (χ2v) is 8.64. The van der Waals surface area contributed by atoms with Crippen molar-refractivity contribution in [3.05, 3.63) is 53.0 Å². The highest BCUT2D eigenvalue weighted by Crippen LogP contribution is 2.46. The number of likely N-dealkylation sites (tertiary alicyclic amines) is 1. The van der Waals surface area contributed by atoms with E-state index in [-0.39, 0.29) is 16.8 Å². The maximum absolute atomic E-state index is 12.2. The lowest BCUT2D eigenvalue weighted by Crippen LogP contribution is -2.60. The molecule has 2 saturated heterocycles. The minimum Gasteiger partial charge on any atom is -0.488 e. The number of nitrogens with zero attached hydrogens (tertiary/aromatic N) is 2. The third kappa shape index (κ3) is 3.35. The van der Waals surface area contributed by atoms with E-state index in [9.17, 15) is 4.79 Å². The largest absolute Gasteiger partial charge is 0.488 e. The molecule has 0 aliphatic carbocycles. The lowest BCUT2D eigenvalue weighted by atomic mass is 9.93. The Morgan fingerprint density at radius 2 is 2.29 bits per heavy atom. The zero-order valence-corrected chi connectivity index (χ0v) is 14.8. The molecule has 2 aromatic heterocycles. The summed E-state index contributed by atoms with van der Waals surface area (Å²) in [6.07, 6.45) is 8.28. The summed E-state index contributed by atoms with van der Waals surface area (Å²) in [6, 6.07) is 7.83. The van der Waals surface area contributed by atoms with E-state index in [0.717, 1.165) is 35.9 Å². The molecule has 2 aliphatic rings. The monoisotopic (exact) mass is 358 g/mol. The Hall–Kier alpha value is -1.79. The highest BCUT2D eigenvalue weighted by Gasteiger charge is 2.50. The maximum Gasteiger partial charge on any atom is 0.246 e. The van der Waals surface area contributed by atoms with Gasteiger partial charge in [-0.1, -0.05) is 6.07 Å². The van der Waals surface area contributed by atoms with E-state index >= 15 is 0 Å². The van der Waals surface area contributed by atoms with Crippen LogP contribution in [0.4, 0.5) is 0 Å². The maximum atomic E-state index is 12.2. The molecule has 1 unspecified atom stereocenters. The first-order valence-electron chi connectivity index (χ1n) is 7.94. The molecule has 4 heterocycles. The van der Waals surface area contributed by atoms with Crippen LogP contribution in [0.2, 0.25) is 0 Å². The number of hydrogen-bond donors (Lipinski definition) is 0. The number of rotatable bonds is 4. The number of pyridine rings is 1. The van der Waals surface area contributed by atoms with Crippen molar-refractivity contribution in [3.63, 3.8) is 0 Å². The molecule has 2 aliphatic heterocycles. The fourth-order valence-corrected chi connectivity index (χ4v) is 5.30. The normalized spacial score (nSPS) is 22.0. The van der Waals surface area contributed by atoms with Crippen molar-refractivity contribution in [2.45, 2.75) is 17.3 Å². The molecule has 2 aromatic rings. The molecule has 1 amide bonds. The van der Waals surface area contributed by atoms with E-state index in [1.165, 1.54) is 0 Å². The molecule has 1 atom stereocenters. The van der Waals surface area contributed by atoms with E-state index in [4.69, 9.17) is 4.74 Å². The summed E-state index contributed by atoms with van der Waals surface area (Å²) in [7, 11) is 0. The fourth-order valence-electron chi connectivity index (χ4n) is 3.16. The first kappa shape index (κ1) is 15.7. The third-order valence-electron chi connectivity index (χ3n) is 4.32. The number of ether oxygens (including phenoxy) is 1. The Kier molecular flexibility index (Phi) is 4.33. The quantitative estimate of drug-likeness (QED) is 0.787. The van der Waals surface area contributed by atoms with E-state index in [1.807, 2.05) is 52.4 Å². The lowest BCUT2D eigenvalue weighted by Gasteiger charge is -2.47. The van der Waals surface area contributed by atoms with Crippen LogP contribution in [-0.4, -0.2) is 45.5 Å². The average molecular weight is 358 g/mol. The molecular formula is C18H18N2O2S2. The van der Waals surface area contributed by atoms with Gasteiger partial charge >= 0.3 is 0 Å². The molecule has 0 aromatic carbocycles. The molecule has 6 heteroatoms. The second-order valence-electron chi connectivity index (χ2n) is 6.17. The van der Waals surface area contributed by atoms with Crippen LogP contribution in [0.15, 0.2) is 48.1 Å². The summed E-state index contributed by atoms with van der Waals surface area (Å²) < 4.78 is 6.18. The molecule has 4 nitrogen and oxygen atoms in total. The van der Waals surface area contributed by atoms with Gasteiger partial charge in [0.2, 0.25) is 5.91 Å². The predicted octanol–water partition coefficient (Wildman–Crippen LogP) is 3.32. The average Bonchev–Trinajstić information content (AvgIpc) is 3.22. The molecule has 24 heavy (non-hydrogen) atoms. The van der Waals surface area contributed by atoms with Crippen LogP contribution in [0.1, 0.15) is 11.3 Å². The van der Waals surface area contributed by atoms with Gasteiger partial charge in [-0.3, -0.25) is 9.78 Å². The Bertz CT molecular complexity index is 725. The summed E-state index contributed by atoms with van der Waals surface area (Å²) in [4.78, 5) is 19.3. The Balaban J connectivity index is 1.28. The number of thiophene rings is 1. The number of hydrogen-bond acceptors (Lipinski definition) is 5. The van der Waals surface area contributed by atoms with Gasteiger partial charge in [-0.25, -0.2) is 0 Å². The molecule has 4 rings (SSSR count). The van der Waals surface area contributed by atoms with Crippen molar-refractivity contribution < 1.29 is 9.53 Å². The Morgan fingerprint density at radius 1 is 1.38 bits per heavy atom. The van der Waals surface area contributed by atoms with Gasteiger partial charge in [0.05, 0.1) is 10.9 Å². The molecule has 1 spiro atoms. The summed E-state index contributed by atoms with van der Waals surface area (Å²) in [5.74, 6) is 1.90. The van der Waals surface area contributed by atoms with Gasteiger partial charge in [0.1, 0.15) is 11.9 Å². The topological polar surface area (TPSA) is 42.4 Å². The molecule has 0 N–H and O–H groups in total. The van der Waals surface area contributed by atoms with Gasteiger partial charge in [-0.2, -0.15) is 0 Å². The van der Waals surface area contributed by atoms with E-state index in [2.05, 4.69) is 4.98 Å². The number of aromatic nitrogens is 1. The number of carbonyl (C=O) groups is 1. The standard InChI is InChI=1S/C18H18N2O2S2/c21-17(6-5-16-4-2-8-23-16)20-12-18(13-20)9-15(11-24-18)22-14-3-1-7-19-10-14/h1-8,10,15H,9,11-13H2/b6-5+. The summed E-state index contributed by atoms with van der Waals surface area (Å²) in [5, 5.41) is 2.01.